The molecule has 0 saturated heterocycles. The molecule has 116 valence electrons. The van der Waals surface area contributed by atoms with Crippen LogP contribution in [0.15, 0.2) is 60.2 Å². The third kappa shape index (κ3) is 4.62. The van der Waals surface area contributed by atoms with Crippen molar-refractivity contribution in [2.75, 3.05) is 5.32 Å². The van der Waals surface area contributed by atoms with Crippen LogP contribution in [0.3, 0.4) is 0 Å². The van der Waals surface area contributed by atoms with Crippen molar-refractivity contribution in [2.45, 2.75) is 13.0 Å². The zero-order chi connectivity index (χ0) is 15.9. The third-order valence-electron chi connectivity index (χ3n) is 3.16. The average Bonchev–Trinajstić information content (AvgIpc) is 3.02. The third-order valence-corrected chi connectivity index (χ3v) is 3.96. The molecule has 3 rings (SSSR count). The number of hydrogen-bond acceptors (Lipinski definition) is 5. The number of nitrogens with zero attached hydrogens (tertiary/aromatic N) is 2. The van der Waals surface area contributed by atoms with E-state index in [1.807, 2.05) is 47.8 Å². The molecule has 0 unspecified atom stereocenters. The van der Waals surface area contributed by atoms with Crippen LogP contribution in [0.5, 0.6) is 0 Å². The standard InChI is InChI=1S/C17H16N4OS/c22-16(19-11-13-6-8-18-9-7-13)10-15-12-23-17(21-15)20-14-4-2-1-3-5-14/h1-9,12H,10-11H2,(H,19,22)(H,20,21). The average molecular weight is 324 g/mol. The highest BCUT2D eigenvalue weighted by Crippen LogP contribution is 2.20. The number of nitrogens with one attached hydrogen (secondary N) is 2. The quantitative estimate of drug-likeness (QED) is 0.731. The molecule has 0 aliphatic carbocycles. The van der Waals surface area contributed by atoms with Crippen LogP contribution in [0.25, 0.3) is 0 Å². The summed E-state index contributed by atoms with van der Waals surface area (Å²) in [6.07, 6.45) is 3.70. The number of rotatable bonds is 6. The number of benzene rings is 1. The van der Waals surface area contributed by atoms with E-state index < -0.39 is 0 Å². The van der Waals surface area contributed by atoms with Gasteiger partial charge in [0.05, 0.1) is 12.1 Å². The van der Waals surface area contributed by atoms with Crippen LogP contribution in [-0.2, 0) is 17.8 Å². The second-order valence-corrected chi connectivity index (χ2v) is 5.80. The van der Waals surface area contributed by atoms with Crippen LogP contribution < -0.4 is 10.6 Å². The maximum Gasteiger partial charge on any atom is 0.226 e. The number of hydrogen-bond donors (Lipinski definition) is 2. The Hall–Kier alpha value is -2.73. The Morgan fingerprint density at radius 3 is 2.65 bits per heavy atom. The Labute approximate surface area is 138 Å². The van der Waals surface area contributed by atoms with E-state index in [9.17, 15) is 4.79 Å². The number of carbonyl (C=O) groups excluding carboxylic acids is 1. The number of amides is 1. The van der Waals surface area contributed by atoms with Crippen LogP contribution in [0.2, 0.25) is 0 Å². The second-order valence-electron chi connectivity index (χ2n) is 4.94. The van der Waals surface area contributed by atoms with Crippen LogP contribution in [0, 0.1) is 0 Å². The van der Waals surface area contributed by atoms with Crippen molar-refractivity contribution in [3.8, 4) is 0 Å². The molecule has 0 atom stereocenters. The Balaban J connectivity index is 1.51. The van der Waals surface area contributed by atoms with Crippen molar-refractivity contribution in [2.24, 2.45) is 0 Å². The molecular formula is C17H16N4OS. The number of aromatic nitrogens is 2. The van der Waals surface area contributed by atoms with Crippen molar-refractivity contribution in [3.05, 3.63) is 71.5 Å². The van der Waals surface area contributed by atoms with Crippen LogP contribution in [0.1, 0.15) is 11.3 Å². The highest BCUT2D eigenvalue weighted by atomic mass is 32.1. The molecule has 2 heterocycles. The summed E-state index contributed by atoms with van der Waals surface area (Å²) in [6, 6.07) is 13.6. The summed E-state index contributed by atoms with van der Waals surface area (Å²) in [5.41, 5.74) is 2.77. The fourth-order valence-electron chi connectivity index (χ4n) is 2.02. The Morgan fingerprint density at radius 2 is 1.87 bits per heavy atom. The van der Waals surface area contributed by atoms with Crippen LogP contribution in [-0.4, -0.2) is 15.9 Å². The molecule has 2 N–H and O–H groups in total. The van der Waals surface area contributed by atoms with E-state index in [0.717, 1.165) is 22.1 Å². The summed E-state index contributed by atoms with van der Waals surface area (Å²) in [6.45, 7) is 0.501. The van der Waals surface area contributed by atoms with E-state index in [2.05, 4.69) is 20.6 Å². The lowest BCUT2D eigenvalue weighted by atomic mass is 10.2. The topological polar surface area (TPSA) is 66.9 Å². The van der Waals surface area contributed by atoms with Crippen LogP contribution >= 0.6 is 11.3 Å². The first-order valence-electron chi connectivity index (χ1n) is 7.22. The fraction of sp³-hybridized carbons (Fsp3) is 0.118. The molecule has 0 saturated carbocycles. The molecule has 5 nitrogen and oxygen atoms in total. The van der Waals surface area contributed by atoms with Gasteiger partial charge in [-0.1, -0.05) is 18.2 Å². The van der Waals surface area contributed by atoms with Gasteiger partial charge >= 0.3 is 0 Å². The summed E-state index contributed by atoms with van der Waals surface area (Å²) in [5.74, 6) is -0.0432. The lowest BCUT2D eigenvalue weighted by molar-refractivity contribution is -0.120. The number of para-hydroxylation sites is 1. The first kappa shape index (κ1) is 15.2. The SMILES string of the molecule is O=C(Cc1csc(Nc2ccccc2)n1)NCc1ccncc1. The normalized spacial score (nSPS) is 10.3. The zero-order valence-electron chi connectivity index (χ0n) is 12.4. The number of carbonyl (C=O) groups is 1. The monoisotopic (exact) mass is 324 g/mol. The summed E-state index contributed by atoms with van der Waals surface area (Å²) in [7, 11) is 0. The molecule has 23 heavy (non-hydrogen) atoms. The van der Waals surface area contributed by atoms with Crippen molar-refractivity contribution >= 4 is 28.1 Å². The summed E-state index contributed by atoms with van der Waals surface area (Å²) >= 11 is 1.49. The Kier molecular flexibility index (Phi) is 4.95. The second kappa shape index (κ2) is 7.51. The first-order chi connectivity index (χ1) is 11.3. The summed E-state index contributed by atoms with van der Waals surface area (Å²) in [4.78, 5) is 20.4. The smallest absolute Gasteiger partial charge is 0.226 e. The van der Waals surface area contributed by atoms with Crippen molar-refractivity contribution in [1.29, 1.82) is 0 Å². The number of anilines is 2. The van der Waals surface area contributed by atoms with Gasteiger partial charge in [-0.15, -0.1) is 11.3 Å². The van der Waals surface area contributed by atoms with Gasteiger partial charge in [0.15, 0.2) is 5.13 Å². The molecule has 0 spiro atoms. The van der Waals surface area contributed by atoms with E-state index >= 15 is 0 Å². The van der Waals surface area contributed by atoms with Crippen molar-refractivity contribution in [1.82, 2.24) is 15.3 Å². The Morgan fingerprint density at radius 1 is 1.09 bits per heavy atom. The van der Waals surface area contributed by atoms with Gasteiger partial charge in [-0.3, -0.25) is 9.78 Å². The highest BCUT2D eigenvalue weighted by molar-refractivity contribution is 7.13. The molecule has 0 bridgehead atoms. The molecule has 2 aromatic heterocycles. The molecule has 0 radical (unpaired) electrons. The van der Waals surface area contributed by atoms with Crippen LogP contribution in [0.4, 0.5) is 10.8 Å². The van der Waals surface area contributed by atoms with Gasteiger partial charge in [-0.05, 0) is 29.8 Å². The molecule has 1 amide bonds. The van der Waals surface area contributed by atoms with Crippen molar-refractivity contribution < 1.29 is 4.79 Å². The van der Waals surface area contributed by atoms with E-state index in [1.54, 1.807) is 12.4 Å². The van der Waals surface area contributed by atoms with Gasteiger partial charge < -0.3 is 10.6 Å². The first-order valence-corrected chi connectivity index (χ1v) is 8.09. The van der Waals surface area contributed by atoms with Gasteiger partial charge in [0.1, 0.15) is 0 Å². The molecule has 0 aliphatic rings. The lowest BCUT2D eigenvalue weighted by Gasteiger charge is -2.04. The minimum atomic E-state index is -0.0432. The molecule has 3 aromatic rings. The molecule has 0 aliphatic heterocycles. The van der Waals surface area contributed by atoms with Gasteiger partial charge in [-0.25, -0.2) is 4.98 Å². The van der Waals surface area contributed by atoms with Gasteiger partial charge in [0, 0.05) is 30.0 Å². The van der Waals surface area contributed by atoms with E-state index in [1.165, 1.54) is 11.3 Å². The predicted octanol–water partition coefficient (Wildman–Crippen LogP) is 3.14. The van der Waals surface area contributed by atoms with Crippen molar-refractivity contribution in [3.63, 3.8) is 0 Å². The van der Waals surface area contributed by atoms with Gasteiger partial charge in [0.2, 0.25) is 5.91 Å². The molecular weight excluding hydrogens is 308 g/mol. The molecule has 0 fully saturated rings. The fourth-order valence-corrected chi connectivity index (χ4v) is 2.75. The van der Waals surface area contributed by atoms with E-state index in [0.29, 0.717) is 6.54 Å². The minimum Gasteiger partial charge on any atom is -0.352 e. The Bertz CT molecular complexity index is 759. The number of pyridine rings is 1. The maximum absolute atomic E-state index is 12.0. The predicted molar refractivity (Wildman–Crippen MR) is 91.6 cm³/mol. The number of thiazole rings is 1. The van der Waals surface area contributed by atoms with E-state index in [-0.39, 0.29) is 12.3 Å². The highest BCUT2D eigenvalue weighted by Gasteiger charge is 2.08. The largest absolute Gasteiger partial charge is 0.352 e. The maximum atomic E-state index is 12.0. The summed E-state index contributed by atoms with van der Waals surface area (Å²) < 4.78 is 0. The molecule has 6 heteroatoms. The zero-order valence-corrected chi connectivity index (χ0v) is 13.2. The summed E-state index contributed by atoms with van der Waals surface area (Å²) in [5, 5.41) is 8.79. The van der Waals surface area contributed by atoms with E-state index in [4.69, 9.17) is 0 Å². The molecule has 1 aromatic carbocycles. The minimum absolute atomic E-state index is 0.0432. The lowest BCUT2D eigenvalue weighted by Crippen LogP contribution is -2.24. The van der Waals surface area contributed by atoms with Gasteiger partial charge in [-0.2, -0.15) is 0 Å². The van der Waals surface area contributed by atoms with Gasteiger partial charge in [0.25, 0.3) is 0 Å².